The molecule has 5 heteroatoms. The van der Waals surface area contributed by atoms with Gasteiger partial charge in [-0.1, -0.05) is 71.9 Å². The van der Waals surface area contributed by atoms with Crippen LogP contribution in [0.5, 0.6) is 0 Å². The molecule has 2 aromatic heterocycles. The SMILES string of the molecule is Cc1ccc(C)c(CSc2nc3c([nH]c4ccccc43)c(=O)n2-c2ccccc2)c1. The zero-order chi connectivity index (χ0) is 20.7. The average molecular weight is 412 g/mol. The van der Waals surface area contributed by atoms with Crippen LogP contribution in [-0.2, 0) is 5.75 Å². The van der Waals surface area contributed by atoms with Crippen LogP contribution in [0.1, 0.15) is 16.7 Å². The molecule has 5 rings (SSSR count). The molecule has 0 saturated carbocycles. The molecule has 0 bridgehead atoms. The van der Waals surface area contributed by atoms with E-state index < -0.39 is 0 Å². The predicted octanol–water partition coefficient (Wildman–Crippen LogP) is 5.78. The standard InChI is InChI=1S/C25H21N3OS/c1-16-12-13-17(2)18(14-16)15-30-25-27-22-20-10-6-7-11-21(20)26-23(22)24(29)28(25)19-8-4-3-5-9-19/h3-14,26H,15H2,1-2H3. The summed E-state index contributed by atoms with van der Waals surface area (Å²) in [6.45, 7) is 4.22. The Morgan fingerprint density at radius 1 is 0.967 bits per heavy atom. The summed E-state index contributed by atoms with van der Waals surface area (Å²) in [5.41, 5.74) is 6.67. The molecule has 0 aliphatic carbocycles. The molecule has 1 N–H and O–H groups in total. The third kappa shape index (κ3) is 3.21. The number of para-hydroxylation sites is 2. The van der Waals surface area contributed by atoms with Crippen molar-refractivity contribution in [2.24, 2.45) is 0 Å². The van der Waals surface area contributed by atoms with Gasteiger partial charge in [-0.2, -0.15) is 0 Å². The number of benzene rings is 3. The van der Waals surface area contributed by atoms with Crippen LogP contribution in [-0.4, -0.2) is 14.5 Å². The van der Waals surface area contributed by atoms with Crippen LogP contribution < -0.4 is 5.56 Å². The van der Waals surface area contributed by atoms with Crippen LogP contribution in [0.2, 0.25) is 0 Å². The molecular weight excluding hydrogens is 390 g/mol. The van der Waals surface area contributed by atoms with E-state index in [1.165, 1.54) is 16.7 Å². The third-order valence-corrected chi connectivity index (χ3v) is 6.36. The van der Waals surface area contributed by atoms with E-state index >= 15 is 0 Å². The van der Waals surface area contributed by atoms with Crippen molar-refractivity contribution >= 4 is 33.7 Å². The summed E-state index contributed by atoms with van der Waals surface area (Å²) in [4.78, 5) is 21.8. The van der Waals surface area contributed by atoms with Gasteiger partial charge in [0.1, 0.15) is 11.0 Å². The molecule has 148 valence electrons. The van der Waals surface area contributed by atoms with E-state index in [1.54, 1.807) is 16.3 Å². The highest BCUT2D eigenvalue weighted by molar-refractivity contribution is 7.98. The molecule has 0 spiro atoms. The first kappa shape index (κ1) is 18.7. The van der Waals surface area contributed by atoms with Crippen LogP contribution in [0, 0.1) is 13.8 Å². The molecule has 0 unspecified atom stereocenters. The topological polar surface area (TPSA) is 50.7 Å². The molecule has 0 atom stereocenters. The number of aromatic nitrogens is 3. The van der Waals surface area contributed by atoms with E-state index in [1.807, 2.05) is 54.6 Å². The fourth-order valence-corrected chi connectivity index (χ4v) is 4.81. The molecule has 0 aliphatic heterocycles. The molecule has 5 aromatic rings. The normalized spacial score (nSPS) is 11.4. The molecule has 0 radical (unpaired) electrons. The van der Waals surface area contributed by atoms with E-state index in [0.29, 0.717) is 10.7 Å². The summed E-state index contributed by atoms with van der Waals surface area (Å²) >= 11 is 1.60. The summed E-state index contributed by atoms with van der Waals surface area (Å²) < 4.78 is 1.72. The van der Waals surface area contributed by atoms with Crippen molar-refractivity contribution in [1.82, 2.24) is 14.5 Å². The number of fused-ring (bicyclic) bond motifs is 3. The molecular formula is C25H21N3OS. The largest absolute Gasteiger partial charge is 0.349 e. The minimum atomic E-state index is -0.0779. The lowest BCUT2D eigenvalue weighted by Gasteiger charge is -2.13. The first-order valence-electron chi connectivity index (χ1n) is 9.89. The lowest BCUT2D eigenvalue weighted by molar-refractivity contribution is 0.818. The Labute approximate surface area is 178 Å². The molecule has 4 nitrogen and oxygen atoms in total. The zero-order valence-electron chi connectivity index (χ0n) is 16.8. The van der Waals surface area contributed by atoms with Gasteiger partial charge in [0, 0.05) is 16.7 Å². The summed E-state index contributed by atoms with van der Waals surface area (Å²) in [7, 11) is 0. The van der Waals surface area contributed by atoms with Crippen LogP contribution in [0.3, 0.4) is 0 Å². The van der Waals surface area contributed by atoms with E-state index in [0.717, 1.165) is 27.9 Å². The van der Waals surface area contributed by atoms with E-state index in [2.05, 4.69) is 37.0 Å². The van der Waals surface area contributed by atoms with E-state index in [9.17, 15) is 4.79 Å². The van der Waals surface area contributed by atoms with Gasteiger partial charge in [-0.05, 0) is 43.2 Å². The Hall–Kier alpha value is -3.31. The summed E-state index contributed by atoms with van der Waals surface area (Å²) in [6, 6.07) is 24.1. The molecule has 0 fully saturated rings. The molecule has 30 heavy (non-hydrogen) atoms. The summed E-state index contributed by atoms with van der Waals surface area (Å²) in [5.74, 6) is 0.751. The van der Waals surface area contributed by atoms with Gasteiger partial charge in [-0.3, -0.25) is 9.36 Å². The van der Waals surface area contributed by atoms with Gasteiger partial charge in [0.05, 0.1) is 5.69 Å². The van der Waals surface area contributed by atoms with E-state index in [4.69, 9.17) is 4.98 Å². The van der Waals surface area contributed by atoms with Gasteiger partial charge in [0.15, 0.2) is 5.16 Å². The number of nitrogens with zero attached hydrogens (tertiary/aromatic N) is 2. The fraction of sp³-hybridized carbons (Fsp3) is 0.120. The molecule has 0 saturated heterocycles. The van der Waals surface area contributed by atoms with Crippen molar-refractivity contribution in [2.45, 2.75) is 24.8 Å². The summed E-state index contributed by atoms with van der Waals surface area (Å²) in [6.07, 6.45) is 0. The van der Waals surface area contributed by atoms with Crippen molar-refractivity contribution in [3.8, 4) is 5.69 Å². The lowest BCUT2D eigenvalue weighted by atomic mass is 10.1. The second-order valence-corrected chi connectivity index (χ2v) is 8.43. The van der Waals surface area contributed by atoms with Crippen LogP contribution in [0.4, 0.5) is 0 Å². The average Bonchev–Trinajstić information content (AvgIpc) is 3.14. The van der Waals surface area contributed by atoms with Crippen molar-refractivity contribution in [3.63, 3.8) is 0 Å². The Kier molecular flexibility index (Phi) is 4.68. The van der Waals surface area contributed by atoms with Crippen molar-refractivity contribution in [2.75, 3.05) is 0 Å². The highest BCUT2D eigenvalue weighted by atomic mass is 32.2. The molecule has 0 amide bonds. The molecule has 2 heterocycles. The van der Waals surface area contributed by atoms with Crippen LogP contribution in [0.15, 0.2) is 82.7 Å². The van der Waals surface area contributed by atoms with Crippen molar-refractivity contribution in [1.29, 1.82) is 0 Å². The highest BCUT2D eigenvalue weighted by Gasteiger charge is 2.17. The first-order chi connectivity index (χ1) is 14.6. The second-order valence-electron chi connectivity index (χ2n) is 7.48. The Bertz CT molecular complexity index is 1430. The molecule has 0 aliphatic rings. The smallest absolute Gasteiger partial charge is 0.283 e. The lowest BCUT2D eigenvalue weighted by Crippen LogP contribution is -2.21. The monoisotopic (exact) mass is 411 g/mol. The van der Waals surface area contributed by atoms with Crippen molar-refractivity contribution in [3.05, 3.63) is 99.8 Å². The van der Waals surface area contributed by atoms with Gasteiger partial charge < -0.3 is 4.98 Å². The number of nitrogens with one attached hydrogen (secondary N) is 1. The maximum absolute atomic E-state index is 13.5. The Morgan fingerprint density at radius 3 is 2.57 bits per heavy atom. The number of hydrogen-bond donors (Lipinski definition) is 1. The van der Waals surface area contributed by atoms with Crippen molar-refractivity contribution < 1.29 is 0 Å². The molecule has 3 aromatic carbocycles. The number of aryl methyl sites for hydroxylation is 2. The maximum atomic E-state index is 13.5. The highest BCUT2D eigenvalue weighted by Crippen LogP contribution is 2.29. The predicted molar refractivity (Wildman–Crippen MR) is 125 cm³/mol. The quantitative estimate of drug-likeness (QED) is 0.301. The van der Waals surface area contributed by atoms with Gasteiger partial charge >= 0.3 is 0 Å². The maximum Gasteiger partial charge on any atom is 0.283 e. The first-order valence-corrected chi connectivity index (χ1v) is 10.9. The second kappa shape index (κ2) is 7.50. The van der Waals surface area contributed by atoms with Gasteiger partial charge in [-0.25, -0.2) is 4.98 Å². The van der Waals surface area contributed by atoms with Gasteiger partial charge in [0.25, 0.3) is 5.56 Å². The van der Waals surface area contributed by atoms with Gasteiger partial charge in [0.2, 0.25) is 0 Å². The number of hydrogen-bond acceptors (Lipinski definition) is 3. The van der Waals surface area contributed by atoms with Crippen LogP contribution in [0.25, 0.3) is 27.6 Å². The van der Waals surface area contributed by atoms with Crippen LogP contribution >= 0.6 is 11.8 Å². The fourth-order valence-electron chi connectivity index (χ4n) is 3.74. The zero-order valence-corrected chi connectivity index (χ0v) is 17.7. The minimum Gasteiger partial charge on any atom is -0.349 e. The Balaban J connectivity index is 1.71. The third-order valence-electron chi connectivity index (χ3n) is 5.37. The number of aromatic amines is 1. The summed E-state index contributed by atoms with van der Waals surface area (Å²) in [5, 5.41) is 1.67. The van der Waals surface area contributed by atoms with E-state index in [-0.39, 0.29) is 5.56 Å². The van der Waals surface area contributed by atoms with Gasteiger partial charge in [-0.15, -0.1) is 0 Å². The minimum absolute atomic E-state index is 0.0779. The number of rotatable bonds is 4. The Morgan fingerprint density at radius 2 is 1.73 bits per heavy atom. The number of H-pyrrole nitrogens is 1. The number of thioether (sulfide) groups is 1.